The van der Waals surface area contributed by atoms with Crippen molar-refractivity contribution < 1.29 is 4.79 Å². The van der Waals surface area contributed by atoms with Gasteiger partial charge in [0, 0.05) is 19.6 Å². The van der Waals surface area contributed by atoms with Crippen LogP contribution in [0.3, 0.4) is 0 Å². The van der Waals surface area contributed by atoms with Crippen LogP contribution in [0.15, 0.2) is 27.1 Å². The Balaban J connectivity index is 1.72. The molecule has 1 N–H and O–H groups in total. The first-order chi connectivity index (χ1) is 10.1. The molecular weight excluding hydrogens is 414 g/mol. The van der Waals surface area contributed by atoms with Gasteiger partial charge in [0.15, 0.2) is 5.78 Å². The van der Waals surface area contributed by atoms with E-state index in [0.717, 1.165) is 33.4 Å². The standard InChI is InChI=1S/C16H17Br2NOS/c17-12-2-1-9(7-13(12)18)11-8-16-10(4-6-21-16)3-5-19-15(16)14(11)20/h1-2,7,10-11,15,19H,3-6,8H2. The van der Waals surface area contributed by atoms with Crippen molar-refractivity contribution in [1.29, 1.82) is 0 Å². The van der Waals surface area contributed by atoms with Gasteiger partial charge in [-0.15, -0.1) is 0 Å². The number of hydrogen-bond donors (Lipinski definition) is 1. The van der Waals surface area contributed by atoms with E-state index in [1.54, 1.807) is 0 Å². The van der Waals surface area contributed by atoms with E-state index in [4.69, 9.17) is 0 Å². The molecule has 0 radical (unpaired) electrons. The fourth-order valence-electron chi connectivity index (χ4n) is 4.35. The summed E-state index contributed by atoms with van der Waals surface area (Å²) in [5, 5.41) is 3.53. The lowest BCUT2D eigenvalue weighted by atomic mass is 9.80. The first kappa shape index (κ1) is 14.7. The quantitative estimate of drug-likeness (QED) is 0.726. The van der Waals surface area contributed by atoms with E-state index in [1.165, 1.54) is 18.6 Å². The summed E-state index contributed by atoms with van der Waals surface area (Å²) >= 11 is 9.12. The summed E-state index contributed by atoms with van der Waals surface area (Å²) in [6.45, 7) is 1.00. The van der Waals surface area contributed by atoms with Crippen LogP contribution < -0.4 is 5.32 Å². The van der Waals surface area contributed by atoms with Gasteiger partial charge in [-0.25, -0.2) is 0 Å². The second-order valence-electron chi connectivity index (χ2n) is 6.30. The Morgan fingerprint density at radius 1 is 1.24 bits per heavy atom. The fraction of sp³-hybridized carbons (Fsp3) is 0.562. The minimum atomic E-state index is 0.0538. The summed E-state index contributed by atoms with van der Waals surface area (Å²) in [6.07, 6.45) is 3.52. The fourth-order valence-corrected chi connectivity index (χ4v) is 6.90. The summed E-state index contributed by atoms with van der Waals surface area (Å²) in [5.41, 5.74) is 1.16. The van der Waals surface area contributed by atoms with Gasteiger partial charge in [-0.1, -0.05) is 6.07 Å². The average molecular weight is 431 g/mol. The van der Waals surface area contributed by atoms with Crippen molar-refractivity contribution >= 4 is 49.4 Å². The molecule has 1 aliphatic carbocycles. The van der Waals surface area contributed by atoms with Crippen LogP contribution >= 0.6 is 43.6 Å². The highest BCUT2D eigenvalue weighted by Gasteiger charge is 2.60. The maximum atomic E-state index is 13.0. The molecule has 4 atom stereocenters. The third-order valence-corrected chi connectivity index (χ3v) is 8.95. The molecule has 1 saturated carbocycles. The van der Waals surface area contributed by atoms with Gasteiger partial charge in [0.25, 0.3) is 0 Å². The molecule has 2 saturated heterocycles. The number of benzene rings is 1. The van der Waals surface area contributed by atoms with Gasteiger partial charge >= 0.3 is 0 Å². The van der Waals surface area contributed by atoms with Crippen LogP contribution in [0.25, 0.3) is 0 Å². The van der Waals surface area contributed by atoms with Crippen molar-refractivity contribution in [3.63, 3.8) is 0 Å². The van der Waals surface area contributed by atoms with Gasteiger partial charge in [-0.05, 0) is 87.0 Å². The largest absolute Gasteiger partial charge is 0.306 e. The zero-order chi connectivity index (χ0) is 14.6. The molecule has 112 valence electrons. The van der Waals surface area contributed by atoms with Gasteiger partial charge < -0.3 is 5.32 Å². The molecule has 3 fully saturated rings. The third-order valence-electron chi connectivity index (χ3n) is 5.36. The van der Waals surface area contributed by atoms with Gasteiger partial charge in [-0.2, -0.15) is 11.8 Å². The van der Waals surface area contributed by atoms with Gasteiger partial charge in [0.2, 0.25) is 0 Å². The van der Waals surface area contributed by atoms with Crippen LogP contribution in [0, 0.1) is 5.92 Å². The van der Waals surface area contributed by atoms with E-state index in [0.29, 0.717) is 5.78 Å². The maximum Gasteiger partial charge on any atom is 0.158 e. The van der Waals surface area contributed by atoms with Crippen LogP contribution in [0.1, 0.15) is 30.7 Å². The Morgan fingerprint density at radius 3 is 2.90 bits per heavy atom. The lowest BCUT2D eigenvalue weighted by Crippen LogP contribution is -2.55. The molecule has 2 nitrogen and oxygen atoms in total. The molecule has 21 heavy (non-hydrogen) atoms. The second-order valence-corrected chi connectivity index (χ2v) is 9.46. The number of nitrogens with one attached hydrogen (secondary N) is 1. The summed E-state index contributed by atoms with van der Waals surface area (Å²) in [6, 6.07) is 6.31. The zero-order valence-corrected chi connectivity index (χ0v) is 15.6. The topological polar surface area (TPSA) is 29.1 Å². The SMILES string of the molecule is O=C1C(c2ccc(Br)c(Br)c2)CC23SCCC2CCNC13. The molecule has 2 aliphatic heterocycles. The molecule has 1 spiro atoms. The molecule has 2 heterocycles. The van der Waals surface area contributed by atoms with E-state index in [-0.39, 0.29) is 16.7 Å². The number of rotatable bonds is 1. The van der Waals surface area contributed by atoms with Crippen molar-refractivity contribution in [2.75, 3.05) is 12.3 Å². The third kappa shape index (κ3) is 2.19. The highest BCUT2D eigenvalue weighted by Crippen LogP contribution is 2.58. The Morgan fingerprint density at radius 2 is 2.10 bits per heavy atom. The van der Waals surface area contributed by atoms with E-state index < -0.39 is 0 Å². The predicted molar refractivity (Wildman–Crippen MR) is 93.9 cm³/mol. The number of ketones is 1. The van der Waals surface area contributed by atoms with E-state index in [2.05, 4.69) is 49.3 Å². The average Bonchev–Trinajstić information content (AvgIpc) is 3.02. The summed E-state index contributed by atoms with van der Waals surface area (Å²) in [5.74, 6) is 2.40. The molecule has 3 aliphatic rings. The molecular formula is C16H17Br2NOS. The first-order valence-electron chi connectivity index (χ1n) is 7.48. The van der Waals surface area contributed by atoms with Crippen molar-refractivity contribution in [2.24, 2.45) is 5.92 Å². The number of carbonyl (C=O) groups is 1. The van der Waals surface area contributed by atoms with Crippen molar-refractivity contribution in [1.82, 2.24) is 5.32 Å². The van der Waals surface area contributed by atoms with Crippen LogP contribution in [0.2, 0.25) is 0 Å². The Labute approximate surface area is 146 Å². The number of carbonyl (C=O) groups excluding carboxylic acids is 1. The van der Waals surface area contributed by atoms with Crippen LogP contribution in [-0.4, -0.2) is 28.9 Å². The molecule has 4 unspecified atom stereocenters. The van der Waals surface area contributed by atoms with Gasteiger partial charge in [-0.3, -0.25) is 4.79 Å². The highest BCUT2D eigenvalue weighted by atomic mass is 79.9. The van der Waals surface area contributed by atoms with E-state index in [9.17, 15) is 4.79 Å². The van der Waals surface area contributed by atoms with Gasteiger partial charge in [0.05, 0.1) is 6.04 Å². The van der Waals surface area contributed by atoms with Crippen molar-refractivity contribution in [2.45, 2.75) is 36.0 Å². The number of Topliss-reactive ketones (excluding diaryl/α,β-unsaturated/α-hetero) is 1. The summed E-state index contributed by atoms with van der Waals surface area (Å²) in [7, 11) is 0. The molecule has 1 aromatic rings. The van der Waals surface area contributed by atoms with Crippen LogP contribution in [0.4, 0.5) is 0 Å². The summed E-state index contributed by atoms with van der Waals surface area (Å²) in [4.78, 5) is 13.0. The number of thioether (sulfide) groups is 1. The monoisotopic (exact) mass is 429 g/mol. The minimum Gasteiger partial charge on any atom is -0.306 e. The second kappa shape index (κ2) is 5.36. The normalized spacial score (nSPS) is 38.4. The molecule has 1 aromatic carbocycles. The van der Waals surface area contributed by atoms with E-state index >= 15 is 0 Å². The molecule has 0 aromatic heterocycles. The molecule has 0 bridgehead atoms. The van der Waals surface area contributed by atoms with Crippen LogP contribution in [0.5, 0.6) is 0 Å². The zero-order valence-electron chi connectivity index (χ0n) is 11.6. The highest BCUT2D eigenvalue weighted by molar-refractivity contribution is 9.13. The predicted octanol–water partition coefficient (Wildman–Crippen LogP) is 4.12. The van der Waals surface area contributed by atoms with Crippen molar-refractivity contribution in [3.05, 3.63) is 32.7 Å². The molecule has 0 amide bonds. The number of hydrogen-bond acceptors (Lipinski definition) is 3. The number of halogens is 2. The van der Waals surface area contributed by atoms with Crippen molar-refractivity contribution in [3.8, 4) is 0 Å². The van der Waals surface area contributed by atoms with E-state index in [1.807, 2.05) is 17.8 Å². The Kier molecular flexibility index (Phi) is 3.76. The summed E-state index contributed by atoms with van der Waals surface area (Å²) < 4.78 is 2.24. The number of piperidine rings is 1. The minimum absolute atomic E-state index is 0.0538. The molecule has 5 heteroatoms. The Bertz CT molecular complexity index is 608. The smallest absolute Gasteiger partial charge is 0.158 e. The Hall–Kier alpha value is 0.160. The first-order valence-corrected chi connectivity index (χ1v) is 10.0. The lowest BCUT2D eigenvalue weighted by Gasteiger charge is -2.40. The van der Waals surface area contributed by atoms with Crippen LogP contribution in [-0.2, 0) is 4.79 Å². The maximum absolute atomic E-state index is 13.0. The molecule has 4 rings (SSSR count). The lowest BCUT2D eigenvalue weighted by molar-refractivity contribution is -0.121. The van der Waals surface area contributed by atoms with Gasteiger partial charge in [0.1, 0.15) is 0 Å².